The van der Waals surface area contributed by atoms with Crippen molar-refractivity contribution in [3.8, 4) is 0 Å². The predicted molar refractivity (Wildman–Crippen MR) is 150 cm³/mol. The Hall–Kier alpha value is -3.87. The molecule has 13 heteroatoms. The molecule has 0 aromatic heterocycles. The van der Waals surface area contributed by atoms with Gasteiger partial charge in [-0.15, -0.1) is 0 Å². The van der Waals surface area contributed by atoms with Gasteiger partial charge in [-0.1, -0.05) is 13.8 Å². The molecule has 0 saturated heterocycles. The first kappa shape index (κ1) is 34.2. The molecule has 0 heterocycles. The van der Waals surface area contributed by atoms with Crippen LogP contribution in [-0.4, -0.2) is 74.3 Å². The molecular formula is C27H43N5O8. The number of methoxy groups -OCH3 is 2. The molecule has 224 valence electrons. The third-order valence-electron chi connectivity index (χ3n) is 5.58. The lowest BCUT2D eigenvalue weighted by Gasteiger charge is -2.26. The molecule has 1 aromatic rings. The fourth-order valence-corrected chi connectivity index (χ4v) is 3.45. The Morgan fingerprint density at radius 3 is 2.15 bits per heavy atom. The van der Waals surface area contributed by atoms with Crippen LogP contribution in [-0.2, 0) is 28.6 Å². The molecule has 3 atom stereocenters. The first-order chi connectivity index (χ1) is 18.6. The molecule has 6 N–H and O–H groups in total. The summed E-state index contributed by atoms with van der Waals surface area (Å²) in [5, 5.41) is 10.9. The minimum atomic E-state index is -1.00. The van der Waals surface area contributed by atoms with Gasteiger partial charge in [0.2, 0.25) is 11.8 Å². The minimum absolute atomic E-state index is 0.0947. The van der Waals surface area contributed by atoms with Crippen LogP contribution in [0.15, 0.2) is 18.2 Å². The Bertz CT molecular complexity index is 1050. The summed E-state index contributed by atoms with van der Waals surface area (Å²) in [6, 6.07) is 2.04. The summed E-state index contributed by atoms with van der Waals surface area (Å²) in [4.78, 5) is 61.8. The van der Waals surface area contributed by atoms with Crippen molar-refractivity contribution in [2.24, 2.45) is 11.7 Å². The fraction of sp³-hybridized carbons (Fsp3) is 0.593. The smallest absolute Gasteiger partial charge is 0.408 e. The summed E-state index contributed by atoms with van der Waals surface area (Å²) >= 11 is 0. The second kappa shape index (κ2) is 15.7. The quantitative estimate of drug-likeness (QED) is 0.135. The zero-order chi connectivity index (χ0) is 30.6. The van der Waals surface area contributed by atoms with Gasteiger partial charge in [-0.2, -0.15) is 0 Å². The molecule has 0 aliphatic rings. The highest BCUT2D eigenvalue weighted by atomic mass is 16.6. The van der Waals surface area contributed by atoms with Crippen molar-refractivity contribution in [1.82, 2.24) is 10.6 Å². The van der Waals surface area contributed by atoms with Gasteiger partial charge < -0.3 is 41.2 Å². The van der Waals surface area contributed by atoms with Crippen LogP contribution in [0.4, 0.5) is 16.2 Å². The van der Waals surface area contributed by atoms with E-state index in [2.05, 4.69) is 26.0 Å². The number of hydrogen-bond acceptors (Lipinski definition) is 10. The average molecular weight is 566 g/mol. The normalized spacial score (nSPS) is 13.3. The van der Waals surface area contributed by atoms with E-state index in [0.717, 1.165) is 0 Å². The van der Waals surface area contributed by atoms with Gasteiger partial charge in [0.05, 0.1) is 25.5 Å². The molecule has 0 fully saturated rings. The molecule has 0 bridgehead atoms. The number of ether oxygens (including phenoxy) is 3. The SMILES string of the molecule is COC(=O)c1cc(NCCC[C@H](N)C(=O)OC)ccc1NC(=O)[C@H](C)NC(=O)[C@@H](NC(=O)OC(C)(C)C)C(C)C. The number of nitrogens with one attached hydrogen (secondary N) is 4. The van der Waals surface area contributed by atoms with Crippen molar-refractivity contribution < 1.29 is 38.2 Å². The lowest BCUT2D eigenvalue weighted by molar-refractivity contribution is -0.142. The van der Waals surface area contributed by atoms with Crippen LogP contribution < -0.4 is 27.0 Å². The van der Waals surface area contributed by atoms with Crippen molar-refractivity contribution in [2.45, 2.75) is 78.1 Å². The lowest BCUT2D eigenvalue weighted by atomic mass is 10.0. The third kappa shape index (κ3) is 11.5. The number of alkyl carbamates (subject to hydrolysis) is 1. The molecule has 0 aliphatic carbocycles. The van der Waals surface area contributed by atoms with E-state index >= 15 is 0 Å². The van der Waals surface area contributed by atoms with Crippen molar-refractivity contribution in [3.05, 3.63) is 23.8 Å². The third-order valence-corrected chi connectivity index (χ3v) is 5.58. The standard InChI is InChI=1S/C27H43N5O8/c1-15(2)21(32-26(37)40-27(4,5)6)23(34)30-16(3)22(33)31-20-12-11-17(14-18(20)24(35)38-7)29-13-9-10-19(28)25(36)39-8/h11-12,14-16,19,21,29H,9-10,13,28H2,1-8H3,(H,30,34)(H,31,33)(H,32,37)/t16-,19-,21-/m0/s1. The number of benzene rings is 1. The van der Waals surface area contributed by atoms with Crippen molar-refractivity contribution in [1.29, 1.82) is 0 Å². The van der Waals surface area contributed by atoms with E-state index in [4.69, 9.17) is 15.2 Å². The monoisotopic (exact) mass is 565 g/mol. The number of amides is 3. The number of carbonyl (C=O) groups excluding carboxylic acids is 5. The Morgan fingerprint density at radius 2 is 1.60 bits per heavy atom. The van der Waals surface area contributed by atoms with Crippen molar-refractivity contribution in [2.75, 3.05) is 31.4 Å². The fourth-order valence-electron chi connectivity index (χ4n) is 3.45. The van der Waals surface area contributed by atoms with E-state index in [1.54, 1.807) is 40.7 Å². The Labute approximate surface area is 235 Å². The minimum Gasteiger partial charge on any atom is -0.468 e. The molecule has 0 spiro atoms. The molecule has 0 aliphatic heterocycles. The van der Waals surface area contributed by atoms with E-state index in [1.807, 2.05) is 0 Å². The second-order valence-corrected chi connectivity index (χ2v) is 10.5. The summed E-state index contributed by atoms with van der Waals surface area (Å²) in [5.41, 5.74) is 5.85. The summed E-state index contributed by atoms with van der Waals surface area (Å²) in [6.07, 6.45) is 0.229. The molecule has 1 rings (SSSR count). The molecular weight excluding hydrogens is 522 g/mol. The number of hydrogen-bond donors (Lipinski definition) is 5. The van der Waals surface area contributed by atoms with E-state index in [0.29, 0.717) is 25.1 Å². The van der Waals surface area contributed by atoms with Gasteiger partial charge in [0.1, 0.15) is 23.7 Å². The van der Waals surface area contributed by atoms with Gasteiger partial charge >= 0.3 is 18.0 Å². The number of esters is 2. The van der Waals surface area contributed by atoms with Gasteiger partial charge in [0, 0.05) is 12.2 Å². The zero-order valence-corrected chi connectivity index (χ0v) is 24.5. The zero-order valence-electron chi connectivity index (χ0n) is 24.5. The van der Waals surface area contributed by atoms with E-state index in [-0.39, 0.29) is 17.2 Å². The molecule has 0 radical (unpaired) electrons. The summed E-state index contributed by atoms with van der Waals surface area (Å²) in [5.74, 6) is -2.61. The average Bonchev–Trinajstić information content (AvgIpc) is 2.87. The molecule has 40 heavy (non-hydrogen) atoms. The second-order valence-electron chi connectivity index (χ2n) is 10.5. The van der Waals surface area contributed by atoms with Gasteiger partial charge in [-0.05, 0) is 64.7 Å². The number of rotatable bonds is 13. The highest BCUT2D eigenvalue weighted by molar-refractivity contribution is 6.04. The summed E-state index contributed by atoms with van der Waals surface area (Å²) in [6.45, 7) is 10.6. The summed E-state index contributed by atoms with van der Waals surface area (Å²) < 4.78 is 14.7. The molecule has 3 amide bonds. The molecule has 0 saturated carbocycles. The topological polar surface area (TPSA) is 187 Å². The summed E-state index contributed by atoms with van der Waals surface area (Å²) in [7, 11) is 2.49. The van der Waals surface area contributed by atoms with Crippen LogP contribution in [0, 0.1) is 5.92 Å². The van der Waals surface area contributed by atoms with E-state index in [9.17, 15) is 24.0 Å². The predicted octanol–water partition coefficient (Wildman–Crippen LogP) is 2.16. The highest BCUT2D eigenvalue weighted by Crippen LogP contribution is 2.22. The van der Waals surface area contributed by atoms with Crippen LogP contribution >= 0.6 is 0 Å². The first-order valence-electron chi connectivity index (χ1n) is 13.0. The van der Waals surface area contributed by atoms with Gasteiger partial charge in [0.15, 0.2) is 0 Å². The molecule has 13 nitrogen and oxygen atoms in total. The van der Waals surface area contributed by atoms with Crippen LogP contribution in [0.2, 0.25) is 0 Å². The number of carbonyl (C=O) groups is 5. The van der Waals surface area contributed by atoms with Gasteiger partial charge in [-0.3, -0.25) is 14.4 Å². The van der Waals surface area contributed by atoms with Crippen LogP contribution in [0.1, 0.15) is 64.7 Å². The number of nitrogens with two attached hydrogens (primary N) is 1. The maximum Gasteiger partial charge on any atom is 0.408 e. The van der Waals surface area contributed by atoms with E-state index < -0.39 is 53.6 Å². The van der Waals surface area contributed by atoms with Crippen LogP contribution in [0.5, 0.6) is 0 Å². The highest BCUT2D eigenvalue weighted by Gasteiger charge is 2.29. The van der Waals surface area contributed by atoms with Gasteiger partial charge in [-0.25, -0.2) is 9.59 Å². The Kier molecular flexibility index (Phi) is 13.4. The Balaban J connectivity index is 2.87. The lowest BCUT2D eigenvalue weighted by Crippen LogP contribution is -2.54. The van der Waals surface area contributed by atoms with Crippen molar-refractivity contribution in [3.63, 3.8) is 0 Å². The Morgan fingerprint density at radius 1 is 0.950 bits per heavy atom. The maximum absolute atomic E-state index is 12.9. The van der Waals surface area contributed by atoms with Gasteiger partial charge in [0.25, 0.3) is 0 Å². The van der Waals surface area contributed by atoms with E-state index in [1.165, 1.54) is 33.3 Å². The number of anilines is 2. The van der Waals surface area contributed by atoms with Crippen molar-refractivity contribution >= 4 is 41.2 Å². The first-order valence-corrected chi connectivity index (χ1v) is 13.0. The van der Waals surface area contributed by atoms with Crippen LogP contribution in [0.25, 0.3) is 0 Å². The molecule has 0 unspecified atom stereocenters. The van der Waals surface area contributed by atoms with Crippen LogP contribution in [0.3, 0.4) is 0 Å². The molecule has 1 aromatic carbocycles. The maximum atomic E-state index is 12.9. The largest absolute Gasteiger partial charge is 0.468 e.